The van der Waals surface area contributed by atoms with Crippen molar-refractivity contribution < 1.29 is 32.8 Å². The van der Waals surface area contributed by atoms with E-state index in [1.165, 1.54) is 128 Å². The zero-order chi connectivity index (χ0) is 49.4. The van der Waals surface area contributed by atoms with Crippen LogP contribution in [0.5, 0.6) is 0 Å². The Morgan fingerprint density at radius 3 is 1.24 bits per heavy atom. The number of phosphoric ester groups is 1. The summed E-state index contributed by atoms with van der Waals surface area (Å²) in [6.45, 7) is 4.78. The Labute approximate surface area is 419 Å². The van der Waals surface area contributed by atoms with E-state index in [1.807, 2.05) is 0 Å². The molecule has 0 fully saturated rings. The first-order valence-corrected chi connectivity index (χ1v) is 29.2. The molecule has 0 saturated heterocycles. The number of nitrogens with two attached hydrogens (primary N) is 1. The van der Waals surface area contributed by atoms with Crippen LogP contribution in [0, 0.1) is 0 Å². The highest BCUT2D eigenvalue weighted by molar-refractivity contribution is 7.47. The normalized spacial score (nSPS) is 14.0. The van der Waals surface area contributed by atoms with Gasteiger partial charge in [0.15, 0.2) is 0 Å². The minimum atomic E-state index is -4.30. The fourth-order valence-electron chi connectivity index (χ4n) is 7.44. The van der Waals surface area contributed by atoms with Crippen LogP contribution in [0.2, 0.25) is 0 Å². The van der Waals surface area contributed by atoms with Gasteiger partial charge in [-0.25, -0.2) is 4.57 Å². The Morgan fingerprint density at radius 1 is 0.456 bits per heavy atom. The van der Waals surface area contributed by atoms with E-state index >= 15 is 0 Å². The number of carbonyl (C=O) groups is 1. The van der Waals surface area contributed by atoms with Crippen molar-refractivity contribution in [1.29, 1.82) is 0 Å². The highest BCUT2D eigenvalue weighted by Gasteiger charge is 2.25. The molecule has 0 aromatic rings. The maximum absolute atomic E-state index is 12.7. The fourth-order valence-corrected chi connectivity index (χ4v) is 8.21. The van der Waals surface area contributed by atoms with E-state index in [9.17, 15) is 14.3 Å². The standard InChI is InChI=1S/C59H104NO7P/c1-3-5-7-9-11-13-15-17-19-21-23-25-27-28-29-31-33-35-37-39-41-43-45-47-49-51-54-64-56-58(57-66-68(62,63)65-55-53-60)67-59(61)52-50-48-46-44-42-40-38-36-34-32-30-26-24-22-20-18-16-14-12-10-8-6-4-2/h5,7,11,13,16-19,22-25,28-30,32,58H,3-4,6,8-10,12,14-15,20-21,26-27,31,33-57,60H2,1-2H3,(H,62,63)/b7-5-,13-11-,18-16-,19-17-,24-22-,25-23-,29-28-,32-30-. The lowest BCUT2D eigenvalue weighted by molar-refractivity contribution is -0.154. The Hall–Kier alpha value is -2.58. The van der Waals surface area contributed by atoms with Crippen LogP contribution in [0.1, 0.15) is 232 Å². The van der Waals surface area contributed by atoms with Crippen LogP contribution < -0.4 is 5.73 Å². The molecule has 0 saturated carbocycles. The molecule has 0 aromatic heterocycles. The number of esters is 1. The predicted octanol–water partition coefficient (Wildman–Crippen LogP) is 17.8. The number of ether oxygens (including phenoxy) is 2. The fraction of sp³-hybridized carbons (Fsp3) is 0.712. The van der Waals surface area contributed by atoms with Gasteiger partial charge in [0.05, 0.1) is 19.8 Å². The first kappa shape index (κ1) is 65.4. The Morgan fingerprint density at radius 2 is 0.824 bits per heavy atom. The van der Waals surface area contributed by atoms with Gasteiger partial charge < -0.3 is 20.1 Å². The van der Waals surface area contributed by atoms with Crippen molar-refractivity contribution in [2.45, 2.75) is 238 Å². The zero-order valence-electron chi connectivity index (χ0n) is 43.8. The second-order valence-corrected chi connectivity index (χ2v) is 19.5. The quantitative estimate of drug-likeness (QED) is 0.0268. The van der Waals surface area contributed by atoms with Gasteiger partial charge in [0.25, 0.3) is 0 Å². The number of phosphoric acid groups is 1. The molecule has 0 bridgehead atoms. The van der Waals surface area contributed by atoms with Crippen LogP contribution in [-0.4, -0.2) is 49.9 Å². The number of unbranched alkanes of at least 4 members (excludes halogenated alkanes) is 23. The van der Waals surface area contributed by atoms with Crippen molar-refractivity contribution in [1.82, 2.24) is 0 Å². The molecule has 9 heteroatoms. The third-order valence-corrected chi connectivity index (χ3v) is 12.5. The smallest absolute Gasteiger partial charge is 0.457 e. The van der Waals surface area contributed by atoms with Gasteiger partial charge in [-0.1, -0.05) is 227 Å². The first-order valence-electron chi connectivity index (χ1n) is 27.7. The molecule has 0 aromatic carbocycles. The minimum Gasteiger partial charge on any atom is -0.457 e. The molecule has 2 unspecified atom stereocenters. The van der Waals surface area contributed by atoms with Crippen LogP contribution in [0.3, 0.4) is 0 Å². The maximum atomic E-state index is 12.7. The minimum absolute atomic E-state index is 0.0936. The monoisotopic (exact) mass is 970 g/mol. The van der Waals surface area contributed by atoms with Gasteiger partial charge in [-0.05, 0) is 96.3 Å². The van der Waals surface area contributed by atoms with Crippen molar-refractivity contribution >= 4 is 13.8 Å². The van der Waals surface area contributed by atoms with Crippen LogP contribution in [0.25, 0.3) is 0 Å². The maximum Gasteiger partial charge on any atom is 0.472 e. The molecule has 68 heavy (non-hydrogen) atoms. The average molecular weight is 970 g/mol. The van der Waals surface area contributed by atoms with Crippen molar-refractivity contribution in [3.8, 4) is 0 Å². The summed E-state index contributed by atoms with van der Waals surface area (Å²) < 4.78 is 33.7. The molecule has 0 rings (SSSR count). The van der Waals surface area contributed by atoms with Gasteiger partial charge in [-0.3, -0.25) is 13.8 Å². The lowest BCUT2D eigenvalue weighted by Gasteiger charge is -2.20. The summed E-state index contributed by atoms with van der Waals surface area (Å²) in [6.07, 6.45) is 74.5. The predicted molar refractivity (Wildman–Crippen MR) is 293 cm³/mol. The topological polar surface area (TPSA) is 117 Å². The first-order chi connectivity index (χ1) is 33.4. The second-order valence-electron chi connectivity index (χ2n) is 18.1. The van der Waals surface area contributed by atoms with Crippen LogP contribution in [-0.2, 0) is 27.9 Å². The van der Waals surface area contributed by atoms with E-state index in [4.69, 9.17) is 24.3 Å². The van der Waals surface area contributed by atoms with Crippen molar-refractivity contribution in [3.05, 3.63) is 97.2 Å². The van der Waals surface area contributed by atoms with Crippen molar-refractivity contribution in [2.24, 2.45) is 5.73 Å². The number of hydrogen-bond donors (Lipinski definition) is 2. The van der Waals surface area contributed by atoms with Crippen molar-refractivity contribution in [3.63, 3.8) is 0 Å². The number of hydrogen-bond acceptors (Lipinski definition) is 7. The highest BCUT2D eigenvalue weighted by Crippen LogP contribution is 2.43. The van der Waals surface area contributed by atoms with Crippen LogP contribution in [0.4, 0.5) is 0 Å². The molecule has 8 nitrogen and oxygen atoms in total. The molecule has 0 radical (unpaired) electrons. The Kier molecular flexibility index (Phi) is 53.2. The molecule has 0 aliphatic heterocycles. The second kappa shape index (κ2) is 55.3. The lowest BCUT2D eigenvalue weighted by atomic mass is 10.1. The van der Waals surface area contributed by atoms with E-state index in [2.05, 4.69) is 111 Å². The van der Waals surface area contributed by atoms with Gasteiger partial charge in [-0.15, -0.1) is 0 Å². The highest BCUT2D eigenvalue weighted by atomic mass is 31.2. The molecule has 3 N–H and O–H groups in total. The summed E-state index contributed by atoms with van der Waals surface area (Å²) in [7, 11) is -4.30. The molecule has 392 valence electrons. The molecular weight excluding hydrogens is 866 g/mol. The SMILES string of the molecule is CC/C=C\C/C=C\C/C=C\C/C=C\C/C=C\CCCCCCCCCCCCOCC(COP(=O)(O)OCCN)OC(=O)CCCCCCCCCC/C=C\C/C=C\C/C=C\CCCCCCC. The van der Waals surface area contributed by atoms with E-state index in [1.54, 1.807) is 0 Å². The molecule has 0 spiro atoms. The van der Waals surface area contributed by atoms with E-state index in [-0.39, 0.29) is 32.3 Å². The third-order valence-electron chi connectivity index (χ3n) is 11.5. The average Bonchev–Trinajstić information content (AvgIpc) is 3.33. The summed E-state index contributed by atoms with van der Waals surface area (Å²) in [5.74, 6) is -0.341. The molecule has 0 amide bonds. The van der Waals surface area contributed by atoms with E-state index < -0.39 is 13.9 Å². The largest absolute Gasteiger partial charge is 0.472 e. The summed E-state index contributed by atoms with van der Waals surface area (Å²) >= 11 is 0. The van der Waals surface area contributed by atoms with Crippen LogP contribution in [0.15, 0.2) is 97.2 Å². The number of allylic oxidation sites excluding steroid dienone is 16. The van der Waals surface area contributed by atoms with Gasteiger partial charge in [0.2, 0.25) is 0 Å². The van der Waals surface area contributed by atoms with Gasteiger partial charge in [0, 0.05) is 19.6 Å². The summed E-state index contributed by atoms with van der Waals surface area (Å²) in [5, 5.41) is 0. The van der Waals surface area contributed by atoms with Crippen molar-refractivity contribution in [2.75, 3.05) is 33.0 Å². The van der Waals surface area contributed by atoms with E-state index in [0.29, 0.717) is 13.0 Å². The summed E-state index contributed by atoms with van der Waals surface area (Å²) in [6, 6.07) is 0. The third kappa shape index (κ3) is 54.4. The Bertz CT molecular complexity index is 1370. The molecular formula is C59H104NO7P. The zero-order valence-corrected chi connectivity index (χ0v) is 44.7. The molecule has 0 heterocycles. The van der Waals surface area contributed by atoms with Crippen LogP contribution >= 0.6 is 7.82 Å². The number of rotatable bonds is 52. The van der Waals surface area contributed by atoms with Gasteiger partial charge in [0.1, 0.15) is 6.10 Å². The number of carbonyl (C=O) groups excluding carboxylic acids is 1. The Balaban J connectivity index is 3.96. The molecule has 0 aliphatic rings. The molecule has 0 aliphatic carbocycles. The molecule has 2 atom stereocenters. The summed E-state index contributed by atoms with van der Waals surface area (Å²) in [5.41, 5.74) is 5.40. The lowest BCUT2D eigenvalue weighted by Crippen LogP contribution is -2.28. The summed E-state index contributed by atoms with van der Waals surface area (Å²) in [4.78, 5) is 22.7. The van der Waals surface area contributed by atoms with Gasteiger partial charge in [-0.2, -0.15) is 0 Å². The van der Waals surface area contributed by atoms with Gasteiger partial charge >= 0.3 is 13.8 Å². The van der Waals surface area contributed by atoms with E-state index in [0.717, 1.165) is 83.5 Å².